The van der Waals surface area contributed by atoms with E-state index in [9.17, 15) is 9.59 Å². The number of carbonyl (C=O) groups is 2. The van der Waals surface area contributed by atoms with Crippen LogP contribution in [0.1, 0.15) is 127 Å². The van der Waals surface area contributed by atoms with Crippen LogP contribution in [-0.2, 0) is 23.8 Å². The maximum absolute atomic E-state index is 12.2. The maximum Gasteiger partial charge on any atom is 0.302 e. The zero-order valence-corrected chi connectivity index (χ0v) is 26.4. The molecule has 0 N–H and O–H groups in total. The van der Waals surface area contributed by atoms with E-state index in [1.807, 2.05) is 0 Å². The molecule has 1 heterocycles. The molecule has 2 unspecified atom stereocenters. The molecule has 1 saturated heterocycles. The number of fused-ring (bicyclic) bond motifs is 4. The predicted molar refractivity (Wildman–Crippen MR) is 153 cm³/mol. The quantitative estimate of drug-likeness (QED) is 0.195. The summed E-state index contributed by atoms with van der Waals surface area (Å²) in [7, 11) is 0. The monoisotopic (exact) mass is 542 g/mol. The van der Waals surface area contributed by atoms with E-state index in [-0.39, 0.29) is 57.5 Å². The van der Waals surface area contributed by atoms with Gasteiger partial charge in [0.15, 0.2) is 0 Å². The average Bonchev–Trinajstić information content (AvgIpc) is 3.31. The normalized spacial score (nSPS) is 43.4. The van der Waals surface area contributed by atoms with Gasteiger partial charge in [-0.1, -0.05) is 52.7 Å². The second-order valence-corrected chi connectivity index (χ2v) is 15.8. The number of epoxide rings is 1. The van der Waals surface area contributed by atoms with Crippen LogP contribution in [-0.4, -0.2) is 35.9 Å². The third kappa shape index (κ3) is 4.43. The fraction of sp³-hybridized carbons (Fsp3) is 0.882. The molecular weight excluding hydrogens is 488 g/mol. The van der Waals surface area contributed by atoms with Gasteiger partial charge in [-0.25, -0.2) is 0 Å². The predicted octanol–water partition coefficient (Wildman–Crippen LogP) is 7.80. The fourth-order valence-electron chi connectivity index (χ4n) is 10.7. The van der Waals surface area contributed by atoms with E-state index in [0.29, 0.717) is 17.8 Å². The number of hydrogen-bond donors (Lipinski definition) is 0. The molecule has 39 heavy (non-hydrogen) atoms. The Morgan fingerprint density at radius 3 is 2.15 bits per heavy atom. The average molecular weight is 543 g/mol. The van der Waals surface area contributed by atoms with Crippen LogP contribution in [0.3, 0.4) is 0 Å². The van der Waals surface area contributed by atoms with Gasteiger partial charge >= 0.3 is 11.9 Å². The van der Waals surface area contributed by atoms with Crippen molar-refractivity contribution in [2.75, 3.05) is 0 Å². The third-order valence-corrected chi connectivity index (χ3v) is 13.2. The Balaban J connectivity index is 1.43. The first-order chi connectivity index (χ1) is 18.0. The van der Waals surface area contributed by atoms with Gasteiger partial charge in [-0.05, 0) is 99.2 Å². The smallest absolute Gasteiger partial charge is 0.302 e. The van der Waals surface area contributed by atoms with E-state index in [2.05, 4.69) is 55.4 Å². The molecular formula is C34H54O5. The highest BCUT2D eigenvalue weighted by atomic mass is 16.6. The van der Waals surface area contributed by atoms with Crippen molar-refractivity contribution in [3.8, 4) is 0 Å². The van der Waals surface area contributed by atoms with E-state index < -0.39 is 0 Å². The Bertz CT molecular complexity index is 1060. The standard InChI is InChI=1S/C34H54O5/c1-20(26(37-21(2)35)19-29-31(6,7)39-29)23-13-17-34(10)25-11-12-27-30(4,5)28(38-22(3)36)15-16-32(27,8)24(25)14-18-33(23,34)9/h20,23,26-29H,11-19H2,1-10H3/t20-,23+,26-,27?,28-,29?,32+,33+,34-/m0/s1. The van der Waals surface area contributed by atoms with E-state index in [1.54, 1.807) is 25.0 Å². The molecule has 5 aliphatic rings. The summed E-state index contributed by atoms with van der Waals surface area (Å²) in [4.78, 5) is 24.0. The van der Waals surface area contributed by atoms with Crippen LogP contribution in [0.25, 0.3) is 0 Å². The summed E-state index contributed by atoms with van der Waals surface area (Å²) in [6.07, 6.45) is 10.1. The molecule has 0 radical (unpaired) electrons. The highest BCUT2D eigenvalue weighted by Gasteiger charge is 2.64. The fourth-order valence-corrected chi connectivity index (χ4v) is 10.7. The number of carbonyl (C=O) groups excluding carboxylic acids is 2. The van der Waals surface area contributed by atoms with Gasteiger partial charge < -0.3 is 14.2 Å². The van der Waals surface area contributed by atoms with Gasteiger partial charge in [0.25, 0.3) is 0 Å². The Hall–Kier alpha value is -1.36. The summed E-state index contributed by atoms with van der Waals surface area (Å²) in [5.41, 5.74) is 3.91. The summed E-state index contributed by atoms with van der Waals surface area (Å²) in [6, 6.07) is 0. The third-order valence-electron chi connectivity index (χ3n) is 13.2. The van der Waals surface area contributed by atoms with E-state index in [0.717, 1.165) is 25.7 Å². The lowest BCUT2D eigenvalue weighted by molar-refractivity contribution is -0.167. The largest absolute Gasteiger partial charge is 0.462 e. The van der Waals surface area contributed by atoms with Crippen molar-refractivity contribution in [3.63, 3.8) is 0 Å². The molecule has 220 valence electrons. The zero-order valence-electron chi connectivity index (χ0n) is 26.4. The summed E-state index contributed by atoms with van der Waals surface area (Å²) >= 11 is 0. The molecule has 0 aromatic rings. The first-order valence-electron chi connectivity index (χ1n) is 15.7. The van der Waals surface area contributed by atoms with Crippen LogP contribution in [0.2, 0.25) is 0 Å². The molecule has 3 fully saturated rings. The van der Waals surface area contributed by atoms with Crippen molar-refractivity contribution in [2.24, 2.45) is 39.4 Å². The first-order valence-corrected chi connectivity index (χ1v) is 15.7. The van der Waals surface area contributed by atoms with Crippen LogP contribution in [0.5, 0.6) is 0 Å². The summed E-state index contributed by atoms with van der Waals surface area (Å²) in [5, 5.41) is 0. The molecule has 1 aliphatic heterocycles. The summed E-state index contributed by atoms with van der Waals surface area (Å²) < 4.78 is 17.8. The summed E-state index contributed by atoms with van der Waals surface area (Å²) in [6.45, 7) is 22.1. The minimum atomic E-state index is -0.178. The molecule has 0 aromatic carbocycles. The lowest BCUT2D eigenvalue weighted by Crippen LogP contribution is -2.56. The zero-order chi connectivity index (χ0) is 28.8. The van der Waals surface area contributed by atoms with Gasteiger partial charge in [-0.15, -0.1) is 0 Å². The molecule has 5 rings (SSSR count). The molecule has 5 nitrogen and oxygen atoms in total. The van der Waals surface area contributed by atoms with E-state index in [4.69, 9.17) is 14.2 Å². The molecule has 0 aromatic heterocycles. The van der Waals surface area contributed by atoms with Crippen molar-refractivity contribution in [1.82, 2.24) is 0 Å². The lowest BCUT2D eigenvalue weighted by Gasteiger charge is -2.62. The van der Waals surface area contributed by atoms with Crippen molar-refractivity contribution in [1.29, 1.82) is 0 Å². The Kier molecular flexibility index (Phi) is 6.97. The van der Waals surface area contributed by atoms with Gasteiger partial charge in [-0.2, -0.15) is 0 Å². The highest BCUT2D eigenvalue weighted by molar-refractivity contribution is 5.66. The molecule has 0 spiro atoms. The number of esters is 2. The van der Waals surface area contributed by atoms with Gasteiger partial charge in [0.2, 0.25) is 0 Å². The van der Waals surface area contributed by atoms with Crippen molar-refractivity contribution < 1.29 is 23.8 Å². The van der Waals surface area contributed by atoms with Gasteiger partial charge in [-0.3, -0.25) is 9.59 Å². The van der Waals surface area contributed by atoms with Crippen LogP contribution in [0, 0.1) is 39.4 Å². The molecule has 0 bridgehead atoms. The minimum Gasteiger partial charge on any atom is -0.462 e. The topological polar surface area (TPSA) is 65.1 Å². The first kappa shape index (κ1) is 29.1. The van der Waals surface area contributed by atoms with Crippen LogP contribution in [0.4, 0.5) is 0 Å². The number of ether oxygens (including phenoxy) is 3. The van der Waals surface area contributed by atoms with E-state index in [1.165, 1.54) is 32.1 Å². The minimum absolute atomic E-state index is 0.00927. The Morgan fingerprint density at radius 1 is 0.897 bits per heavy atom. The molecule has 4 aliphatic carbocycles. The summed E-state index contributed by atoms with van der Waals surface area (Å²) in [5.74, 6) is 1.02. The van der Waals surface area contributed by atoms with Crippen LogP contribution in [0.15, 0.2) is 11.1 Å². The number of allylic oxidation sites excluding steroid dienone is 2. The van der Waals surface area contributed by atoms with Crippen LogP contribution >= 0.6 is 0 Å². The Morgan fingerprint density at radius 2 is 1.56 bits per heavy atom. The molecule has 5 heteroatoms. The molecule has 0 amide bonds. The van der Waals surface area contributed by atoms with Crippen molar-refractivity contribution in [3.05, 3.63) is 11.1 Å². The second-order valence-electron chi connectivity index (χ2n) is 15.8. The Labute approximate surface area is 237 Å². The molecule has 9 atom stereocenters. The lowest BCUT2D eigenvalue weighted by atomic mass is 9.43. The van der Waals surface area contributed by atoms with Gasteiger partial charge in [0.05, 0.1) is 11.7 Å². The van der Waals surface area contributed by atoms with Crippen molar-refractivity contribution >= 4 is 11.9 Å². The second kappa shape index (κ2) is 9.33. The molecule has 2 saturated carbocycles. The van der Waals surface area contributed by atoms with Crippen LogP contribution < -0.4 is 0 Å². The number of rotatable bonds is 6. The maximum atomic E-state index is 12.2. The van der Waals surface area contributed by atoms with E-state index >= 15 is 0 Å². The van der Waals surface area contributed by atoms with Gasteiger partial charge in [0.1, 0.15) is 12.2 Å². The van der Waals surface area contributed by atoms with Gasteiger partial charge in [0, 0.05) is 25.7 Å². The number of hydrogen-bond acceptors (Lipinski definition) is 5. The van der Waals surface area contributed by atoms with Crippen molar-refractivity contribution in [2.45, 2.75) is 151 Å². The highest BCUT2D eigenvalue weighted by Crippen LogP contribution is 2.72. The SMILES string of the molecule is CC(=O)O[C@@H](CC1OC1(C)C)[C@@H](C)[C@H]1CC[C@@]2(C)C3=C(CC[C@]12C)[C@@]1(C)CC[C@H](OC(C)=O)C(C)(C)C1CC3.